The van der Waals surface area contributed by atoms with Crippen molar-refractivity contribution in [3.05, 3.63) is 40.6 Å². The molecule has 144 valence electrons. The molecule has 5 N–H and O–H groups in total. The third kappa shape index (κ3) is 9.50. The van der Waals surface area contributed by atoms with Crippen LogP contribution < -0.4 is 174 Å². The average Bonchev–Trinajstić information content (AvgIpc) is 2.51. The zero-order valence-corrected chi connectivity index (χ0v) is 26.3. The van der Waals surface area contributed by atoms with Crippen LogP contribution in [0.15, 0.2) is 39.5 Å². The van der Waals surface area contributed by atoms with Crippen LogP contribution in [0.3, 0.4) is 0 Å². The minimum Gasteiger partial charge on any atom is -0.822 e. The Balaban J connectivity index is 0. The maximum atomic E-state index is 12.1. The van der Waals surface area contributed by atoms with E-state index in [0.29, 0.717) is 0 Å². The Bertz CT molecular complexity index is 1120. The first-order valence-corrected chi connectivity index (χ1v) is 8.31. The number of phenolic OH excluding ortho intramolecular Hbond substituents is 4. The zero-order chi connectivity index (χ0) is 20.5. The van der Waals surface area contributed by atoms with Crippen molar-refractivity contribution in [1.82, 2.24) is 0 Å². The van der Waals surface area contributed by atoms with E-state index in [9.17, 15) is 30.3 Å². The van der Waals surface area contributed by atoms with Gasteiger partial charge in [0.15, 0.2) is 17.3 Å². The number of hydrogen-bond donors (Lipinski definition) is 5. The van der Waals surface area contributed by atoms with Crippen molar-refractivity contribution in [1.29, 1.82) is 0 Å². The van der Waals surface area contributed by atoms with Gasteiger partial charge in [-0.05, 0) is 18.2 Å². The Morgan fingerprint density at radius 1 is 0.800 bits per heavy atom. The van der Waals surface area contributed by atoms with Gasteiger partial charge in [0.25, 0.3) is 0 Å². The fraction of sp³-hybridized carbons (Fsp3) is 0. The first kappa shape index (κ1) is 33.8. The summed E-state index contributed by atoms with van der Waals surface area (Å²) in [4.78, 5) is 37.8. The molecule has 0 radical (unpaired) electrons. The van der Waals surface area contributed by atoms with Crippen molar-refractivity contribution in [3.63, 3.8) is 0 Å². The molecule has 0 aliphatic heterocycles. The number of aromatic hydroxyl groups is 5. The van der Waals surface area contributed by atoms with Crippen LogP contribution >= 0.6 is 7.82 Å². The van der Waals surface area contributed by atoms with Gasteiger partial charge in [0.1, 0.15) is 22.5 Å². The van der Waals surface area contributed by atoms with Gasteiger partial charge in [-0.3, -0.25) is 4.79 Å². The summed E-state index contributed by atoms with van der Waals surface area (Å²) in [5.41, 5.74) is -0.890. The van der Waals surface area contributed by atoms with Gasteiger partial charge in [0, 0.05) is 17.7 Å². The van der Waals surface area contributed by atoms with E-state index in [0.717, 1.165) is 24.3 Å². The molecule has 0 spiro atoms. The maximum absolute atomic E-state index is 12.1. The molecule has 0 amide bonds. The molecule has 0 saturated heterocycles. The smallest absolute Gasteiger partial charge is 0.822 e. The van der Waals surface area contributed by atoms with Gasteiger partial charge in [-0.15, -0.1) is 0 Å². The van der Waals surface area contributed by atoms with E-state index in [1.807, 2.05) is 0 Å². The minimum atomic E-state index is -5.39. The Morgan fingerprint density at radius 2 is 1.33 bits per heavy atom. The van der Waals surface area contributed by atoms with E-state index < -0.39 is 30.5 Å². The van der Waals surface area contributed by atoms with Crippen LogP contribution in [0.1, 0.15) is 0 Å². The predicted octanol–water partition coefficient (Wildman–Crippen LogP) is -9.82. The standard InChI is InChI=1S/C15H10O7.3K.H3O4P/c16-7-4-10(19)12-11(5-7)22-15(14(21)13(12)20)6-1-2-8(17)9(18)3-6;;;;1-5(2,3)4/h1-5,16-19,21H;;;;(H3,1,2,3,4)/q;3*+1;/p-3. The fourth-order valence-corrected chi connectivity index (χ4v) is 2.14. The summed E-state index contributed by atoms with van der Waals surface area (Å²) >= 11 is 0. The molecular formula is C15H10K3O11P. The third-order valence-electron chi connectivity index (χ3n) is 3.17. The Kier molecular flexibility index (Phi) is 16.0. The van der Waals surface area contributed by atoms with Gasteiger partial charge in [-0.2, -0.15) is 7.82 Å². The molecule has 1 heterocycles. The Hall–Kier alpha value is 1.67. The summed E-state index contributed by atoms with van der Waals surface area (Å²) < 4.78 is 13.9. The van der Waals surface area contributed by atoms with Crippen LogP contribution in [-0.2, 0) is 4.57 Å². The topological polar surface area (TPSA) is 218 Å². The Morgan fingerprint density at radius 3 is 1.83 bits per heavy atom. The molecule has 0 bridgehead atoms. The van der Waals surface area contributed by atoms with Crippen LogP contribution in [0.2, 0.25) is 0 Å². The summed E-state index contributed by atoms with van der Waals surface area (Å²) in [6.45, 7) is 0. The van der Waals surface area contributed by atoms with Crippen molar-refractivity contribution in [3.8, 4) is 40.1 Å². The molecule has 0 unspecified atom stereocenters. The second-order valence-corrected chi connectivity index (χ2v) is 5.99. The van der Waals surface area contributed by atoms with Gasteiger partial charge in [0.05, 0.1) is 0 Å². The van der Waals surface area contributed by atoms with E-state index in [2.05, 4.69) is 0 Å². The summed E-state index contributed by atoms with van der Waals surface area (Å²) in [6, 6.07) is 5.64. The van der Waals surface area contributed by atoms with E-state index in [1.165, 1.54) is 6.07 Å². The summed E-state index contributed by atoms with van der Waals surface area (Å²) in [5.74, 6) is -2.71. The second kappa shape index (κ2) is 14.2. The third-order valence-corrected chi connectivity index (χ3v) is 3.17. The molecule has 11 nitrogen and oxygen atoms in total. The van der Waals surface area contributed by atoms with Gasteiger partial charge < -0.3 is 49.2 Å². The largest absolute Gasteiger partial charge is 1.00 e. The molecule has 0 aliphatic rings. The second-order valence-electron chi connectivity index (χ2n) is 5.10. The van der Waals surface area contributed by atoms with Crippen LogP contribution in [0.4, 0.5) is 0 Å². The molecule has 3 rings (SSSR count). The van der Waals surface area contributed by atoms with E-state index in [4.69, 9.17) is 23.7 Å². The molecule has 1 aromatic heterocycles. The number of rotatable bonds is 1. The molecule has 0 fully saturated rings. The average molecular weight is 515 g/mol. The summed E-state index contributed by atoms with van der Waals surface area (Å²) in [6.07, 6.45) is 0. The molecular weight excluding hydrogens is 504 g/mol. The molecule has 0 saturated carbocycles. The normalized spacial score (nSPS) is 9.97. The van der Waals surface area contributed by atoms with Crippen molar-refractivity contribution in [2.75, 3.05) is 0 Å². The first-order chi connectivity index (χ1) is 12.4. The van der Waals surface area contributed by atoms with E-state index >= 15 is 0 Å². The van der Waals surface area contributed by atoms with Crippen LogP contribution in [0.25, 0.3) is 22.3 Å². The van der Waals surface area contributed by atoms with Crippen molar-refractivity contribution in [2.24, 2.45) is 0 Å². The van der Waals surface area contributed by atoms with Crippen LogP contribution in [0, 0.1) is 0 Å². The fourth-order valence-electron chi connectivity index (χ4n) is 2.14. The number of hydrogen-bond acceptors (Lipinski definition) is 11. The predicted molar refractivity (Wildman–Crippen MR) is 83.9 cm³/mol. The monoisotopic (exact) mass is 514 g/mol. The van der Waals surface area contributed by atoms with Crippen molar-refractivity contribution < 1.29 is 203 Å². The SMILES string of the molecule is O=P([O-])([O-])[O-].O=c1c(O)c(-c2ccc(O)c(O)c2)oc2cc(O)cc(O)c12.[K+].[K+].[K+]. The van der Waals surface area contributed by atoms with Crippen LogP contribution in [0.5, 0.6) is 28.7 Å². The zero-order valence-electron chi connectivity index (χ0n) is 16.0. The van der Waals surface area contributed by atoms with Gasteiger partial charge >= 0.3 is 154 Å². The molecule has 3 aromatic rings. The quantitative estimate of drug-likeness (QED) is 0.117. The summed E-state index contributed by atoms with van der Waals surface area (Å²) in [7, 11) is -5.39. The molecule has 30 heavy (non-hydrogen) atoms. The molecule has 0 atom stereocenters. The molecule has 2 aromatic carbocycles. The first-order valence-electron chi connectivity index (χ1n) is 6.85. The van der Waals surface area contributed by atoms with Gasteiger partial charge in [0.2, 0.25) is 11.2 Å². The van der Waals surface area contributed by atoms with Crippen molar-refractivity contribution in [2.45, 2.75) is 0 Å². The summed E-state index contributed by atoms with van der Waals surface area (Å²) in [5, 5.41) is 47.6. The molecule has 0 aliphatic carbocycles. The Labute approximate surface area is 296 Å². The van der Waals surface area contributed by atoms with Gasteiger partial charge in [-0.25, -0.2) is 0 Å². The number of benzene rings is 2. The van der Waals surface area contributed by atoms with Gasteiger partial charge in [-0.1, -0.05) is 0 Å². The van der Waals surface area contributed by atoms with E-state index in [1.54, 1.807) is 0 Å². The number of phosphoric acid groups is 1. The number of phenols is 4. The molecule has 15 heteroatoms. The minimum absolute atomic E-state index is 0. The van der Waals surface area contributed by atoms with E-state index in [-0.39, 0.29) is 188 Å². The van der Waals surface area contributed by atoms with Crippen molar-refractivity contribution >= 4 is 18.8 Å². The van der Waals surface area contributed by atoms with Crippen LogP contribution in [-0.4, -0.2) is 25.5 Å². The maximum Gasteiger partial charge on any atom is 1.00 e. The number of fused-ring (bicyclic) bond motifs is 1.